The molecule has 0 radical (unpaired) electrons. The van der Waals surface area contributed by atoms with E-state index in [1.54, 1.807) is 4.90 Å². The molecule has 116 valence electrons. The van der Waals surface area contributed by atoms with Gasteiger partial charge in [0, 0.05) is 20.1 Å². The first-order chi connectivity index (χ1) is 10.1. The van der Waals surface area contributed by atoms with E-state index in [0.29, 0.717) is 6.54 Å². The number of aliphatic carboxylic acids is 1. The zero-order valence-electron chi connectivity index (χ0n) is 12.6. The molecule has 0 aromatic carbocycles. The van der Waals surface area contributed by atoms with Crippen LogP contribution in [0.25, 0.3) is 0 Å². The average Bonchev–Trinajstić information content (AvgIpc) is 3.18. The van der Waals surface area contributed by atoms with Crippen LogP contribution >= 0.6 is 0 Å². The van der Waals surface area contributed by atoms with Crippen LogP contribution < -0.4 is 0 Å². The van der Waals surface area contributed by atoms with E-state index in [2.05, 4.69) is 4.90 Å². The minimum absolute atomic E-state index is 0.0125. The van der Waals surface area contributed by atoms with Gasteiger partial charge in [-0.15, -0.1) is 0 Å². The van der Waals surface area contributed by atoms with Gasteiger partial charge in [-0.05, 0) is 44.2 Å². The van der Waals surface area contributed by atoms with Crippen LogP contribution in [0.4, 0.5) is 0 Å². The van der Waals surface area contributed by atoms with E-state index >= 15 is 0 Å². The highest BCUT2D eigenvalue weighted by Crippen LogP contribution is 2.48. The predicted octanol–water partition coefficient (Wildman–Crippen LogP) is 1.06. The molecular weight excluding hydrogens is 268 g/mol. The third kappa shape index (κ3) is 2.71. The number of nitrogens with zero attached hydrogens (tertiary/aromatic N) is 2. The summed E-state index contributed by atoms with van der Waals surface area (Å²) < 4.78 is 0. The number of hydrogen-bond donors (Lipinski definition) is 1. The zero-order valence-corrected chi connectivity index (χ0v) is 12.6. The van der Waals surface area contributed by atoms with E-state index in [1.165, 1.54) is 12.8 Å². The monoisotopic (exact) mass is 292 g/mol. The number of rotatable bonds is 5. The molecular formula is C16H24N2O3. The smallest absolute Gasteiger partial charge is 0.307 e. The number of likely N-dealkylation sites (N-methyl/N-ethyl adjacent to an activating group) is 1. The quantitative estimate of drug-likeness (QED) is 0.770. The Balaban J connectivity index is 1.60. The van der Waals surface area contributed by atoms with Crippen molar-refractivity contribution in [2.45, 2.75) is 19.3 Å². The summed E-state index contributed by atoms with van der Waals surface area (Å²) in [5.41, 5.74) is 0. The second-order valence-corrected chi connectivity index (χ2v) is 6.65. The van der Waals surface area contributed by atoms with Crippen molar-refractivity contribution in [2.75, 3.05) is 33.2 Å². The van der Waals surface area contributed by atoms with Crippen LogP contribution in [0.2, 0.25) is 0 Å². The van der Waals surface area contributed by atoms with E-state index in [-0.39, 0.29) is 23.7 Å². The number of likely N-dealkylation sites (tertiary alicyclic amines) is 1. The van der Waals surface area contributed by atoms with Gasteiger partial charge in [0.05, 0.1) is 11.8 Å². The topological polar surface area (TPSA) is 60.9 Å². The fraction of sp³-hybridized carbons (Fsp3) is 0.750. The van der Waals surface area contributed by atoms with Gasteiger partial charge in [0.1, 0.15) is 0 Å². The maximum Gasteiger partial charge on any atom is 0.307 e. The highest BCUT2D eigenvalue weighted by atomic mass is 16.4. The first-order valence-corrected chi connectivity index (χ1v) is 7.96. The lowest BCUT2D eigenvalue weighted by Gasteiger charge is -2.29. The predicted molar refractivity (Wildman–Crippen MR) is 78.7 cm³/mol. The van der Waals surface area contributed by atoms with Crippen molar-refractivity contribution in [1.82, 2.24) is 9.80 Å². The lowest BCUT2D eigenvalue weighted by atomic mass is 9.82. The number of hydrogen-bond acceptors (Lipinski definition) is 3. The normalized spacial score (nSPS) is 34.5. The van der Waals surface area contributed by atoms with Gasteiger partial charge in [-0.3, -0.25) is 9.59 Å². The van der Waals surface area contributed by atoms with E-state index in [0.717, 1.165) is 26.1 Å². The van der Waals surface area contributed by atoms with Gasteiger partial charge < -0.3 is 14.9 Å². The van der Waals surface area contributed by atoms with Gasteiger partial charge in [-0.25, -0.2) is 0 Å². The molecule has 4 unspecified atom stereocenters. The summed E-state index contributed by atoms with van der Waals surface area (Å²) in [6.45, 7) is 3.84. The van der Waals surface area contributed by atoms with Crippen molar-refractivity contribution in [2.24, 2.45) is 23.7 Å². The van der Waals surface area contributed by atoms with Gasteiger partial charge in [0.2, 0.25) is 5.91 Å². The summed E-state index contributed by atoms with van der Waals surface area (Å²) in [6, 6.07) is 0. The van der Waals surface area contributed by atoms with E-state index < -0.39 is 11.9 Å². The summed E-state index contributed by atoms with van der Waals surface area (Å²) in [5.74, 6) is -1.52. The Hall–Kier alpha value is -1.36. The van der Waals surface area contributed by atoms with Gasteiger partial charge in [0.25, 0.3) is 0 Å². The lowest BCUT2D eigenvalue weighted by Crippen LogP contribution is -2.43. The van der Waals surface area contributed by atoms with Crippen molar-refractivity contribution >= 4 is 11.9 Å². The Bertz CT molecular complexity index is 456. The van der Waals surface area contributed by atoms with Crippen LogP contribution in [0.15, 0.2) is 12.2 Å². The van der Waals surface area contributed by atoms with Crippen LogP contribution in [0.1, 0.15) is 19.3 Å². The standard InChI is InChI=1S/C16H24N2O3/c1-17(8-9-18-6-2-3-7-18)15(19)13-11-4-5-12(10-11)14(13)16(20)21/h4-5,11-14H,2-3,6-10H2,1H3,(H,20,21). The number of carbonyl (C=O) groups is 2. The second kappa shape index (κ2) is 5.79. The lowest BCUT2D eigenvalue weighted by molar-refractivity contribution is -0.150. The maximum absolute atomic E-state index is 12.7. The molecule has 1 saturated heterocycles. The summed E-state index contributed by atoms with van der Waals surface area (Å²) in [7, 11) is 1.81. The highest BCUT2D eigenvalue weighted by molar-refractivity contribution is 5.86. The molecule has 21 heavy (non-hydrogen) atoms. The SMILES string of the molecule is CN(CCN1CCCC1)C(=O)C1C2C=CC(C2)C1C(=O)O. The molecule has 5 nitrogen and oxygen atoms in total. The molecule has 1 aliphatic heterocycles. The number of allylic oxidation sites excluding steroid dienone is 2. The molecule has 3 rings (SSSR count). The van der Waals surface area contributed by atoms with E-state index in [4.69, 9.17) is 0 Å². The molecule has 3 aliphatic rings. The van der Waals surface area contributed by atoms with Crippen molar-refractivity contribution < 1.29 is 14.7 Å². The van der Waals surface area contributed by atoms with Gasteiger partial charge >= 0.3 is 5.97 Å². The maximum atomic E-state index is 12.7. The Kier molecular flexibility index (Phi) is 4.02. The molecule has 0 aromatic rings. The van der Waals surface area contributed by atoms with Crippen LogP contribution in [0.3, 0.4) is 0 Å². The minimum Gasteiger partial charge on any atom is -0.481 e. The zero-order chi connectivity index (χ0) is 15.0. The van der Waals surface area contributed by atoms with Crippen LogP contribution in [-0.4, -0.2) is 60.0 Å². The Morgan fingerprint density at radius 2 is 1.81 bits per heavy atom. The van der Waals surface area contributed by atoms with Crippen LogP contribution in [-0.2, 0) is 9.59 Å². The molecule has 1 amide bonds. The minimum atomic E-state index is -0.821. The summed E-state index contributed by atoms with van der Waals surface area (Å²) in [6.07, 6.45) is 7.34. The first-order valence-electron chi connectivity index (χ1n) is 7.96. The molecule has 1 heterocycles. The second-order valence-electron chi connectivity index (χ2n) is 6.65. The van der Waals surface area contributed by atoms with Crippen molar-refractivity contribution in [1.29, 1.82) is 0 Å². The average molecular weight is 292 g/mol. The molecule has 4 atom stereocenters. The highest BCUT2D eigenvalue weighted by Gasteiger charge is 2.52. The summed E-state index contributed by atoms with van der Waals surface area (Å²) >= 11 is 0. The third-order valence-corrected chi connectivity index (χ3v) is 5.36. The van der Waals surface area contributed by atoms with Crippen molar-refractivity contribution in [3.05, 3.63) is 12.2 Å². The number of amides is 1. The van der Waals surface area contributed by atoms with E-state index in [9.17, 15) is 14.7 Å². The Morgan fingerprint density at radius 3 is 2.43 bits per heavy atom. The van der Waals surface area contributed by atoms with Crippen LogP contribution in [0.5, 0.6) is 0 Å². The summed E-state index contributed by atoms with van der Waals surface area (Å²) in [5, 5.41) is 9.43. The first kappa shape index (κ1) is 14.6. The van der Waals surface area contributed by atoms with Gasteiger partial charge in [-0.1, -0.05) is 12.2 Å². The molecule has 5 heteroatoms. The molecule has 0 aromatic heterocycles. The van der Waals surface area contributed by atoms with Crippen molar-refractivity contribution in [3.63, 3.8) is 0 Å². The van der Waals surface area contributed by atoms with Crippen molar-refractivity contribution in [3.8, 4) is 0 Å². The van der Waals surface area contributed by atoms with E-state index in [1.807, 2.05) is 19.2 Å². The molecule has 1 N–H and O–H groups in total. The van der Waals surface area contributed by atoms with Gasteiger partial charge in [0.15, 0.2) is 0 Å². The molecule has 0 spiro atoms. The molecule has 1 saturated carbocycles. The third-order valence-electron chi connectivity index (χ3n) is 5.36. The molecule has 2 aliphatic carbocycles. The fourth-order valence-electron chi connectivity index (χ4n) is 4.16. The summed E-state index contributed by atoms with van der Waals surface area (Å²) in [4.78, 5) is 28.3. The number of fused-ring (bicyclic) bond motifs is 2. The fourth-order valence-corrected chi connectivity index (χ4v) is 4.16. The number of carboxylic acid groups (broad SMARTS) is 1. The largest absolute Gasteiger partial charge is 0.481 e. The molecule has 2 fully saturated rings. The Labute approximate surface area is 125 Å². The number of carbonyl (C=O) groups excluding carboxylic acids is 1. The van der Waals surface area contributed by atoms with Crippen LogP contribution in [0, 0.1) is 23.7 Å². The van der Waals surface area contributed by atoms with Gasteiger partial charge in [-0.2, -0.15) is 0 Å². The number of carboxylic acids is 1. The molecule has 2 bridgehead atoms. The Morgan fingerprint density at radius 1 is 1.19 bits per heavy atom.